The predicted molar refractivity (Wildman–Crippen MR) is 93.0 cm³/mol. The van der Waals surface area contributed by atoms with Crippen LogP contribution in [0.15, 0.2) is 0 Å². The molecule has 3 heteroatoms. The van der Waals surface area contributed by atoms with Gasteiger partial charge < -0.3 is 10.6 Å². The predicted octanol–water partition coefficient (Wildman–Crippen LogP) is 3.48. The maximum absolute atomic E-state index is 12.6. The van der Waals surface area contributed by atoms with Crippen molar-refractivity contribution in [2.24, 2.45) is 29.6 Å². The molecule has 130 valence electrons. The molecule has 5 aliphatic rings. The van der Waals surface area contributed by atoms with E-state index in [1.807, 2.05) is 0 Å². The zero-order chi connectivity index (χ0) is 16.0. The van der Waals surface area contributed by atoms with Crippen molar-refractivity contribution in [2.75, 3.05) is 0 Å². The second-order valence-electron chi connectivity index (χ2n) is 9.22. The Kier molecular flexibility index (Phi) is 4.42. The van der Waals surface area contributed by atoms with Crippen molar-refractivity contribution in [1.29, 1.82) is 0 Å². The van der Waals surface area contributed by atoms with Crippen LogP contribution in [0.4, 0.5) is 0 Å². The fraction of sp³-hybridized carbons (Fsp3) is 0.950. The summed E-state index contributed by atoms with van der Waals surface area (Å²) in [6, 6.07) is 0.970. The van der Waals surface area contributed by atoms with Gasteiger partial charge in [-0.2, -0.15) is 0 Å². The number of amides is 1. The van der Waals surface area contributed by atoms with Gasteiger partial charge in [0.1, 0.15) is 0 Å². The van der Waals surface area contributed by atoms with Gasteiger partial charge in [0.25, 0.3) is 0 Å². The number of hydrogen-bond donors (Lipinski definition) is 2. The SMILES string of the molecule is C[C@@H](NC1C2CC3CC(C2)CC1C3)C(=O)N[C@@H]1CCCC[C@@H]1C. The summed E-state index contributed by atoms with van der Waals surface area (Å²) in [5, 5.41) is 7.09. The van der Waals surface area contributed by atoms with Crippen LogP contribution in [0.1, 0.15) is 71.6 Å². The number of carbonyl (C=O) groups excluding carboxylic acids is 1. The Morgan fingerprint density at radius 3 is 2.17 bits per heavy atom. The van der Waals surface area contributed by atoms with Gasteiger partial charge in [0.2, 0.25) is 5.91 Å². The lowest BCUT2D eigenvalue weighted by molar-refractivity contribution is -0.125. The zero-order valence-electron chi connectivity index (χ0n) is 14.9. The van der Waals surface area contributed by atoms with Gasteiger partial charge in [0, 0.05) is 12.1 Å². The van der Waals surface area contributed by atoms with Crippen LogP contribution in [0.3, 0.4) is 0 Å². The first kappa shape index (κ1) is 15.9. The number of hydrogen-bond acceptors (Lipinski definition) is 2. The van der Waals surface area contributed by atoms with E-state index >= 15 is 0 Å². The average Bonchev–Trinajstić information content (AvgIpc) is 2.52. The molecule has 0 aromatic heterocycles. The van der Waals surface area contributed by atoms with Gasteiger partial charge in [-0.05, 0) is 81.5 Å². The molecule has 0 aromatic carbocycles. The molecule has 5 rings (SSSR count). The summed E-state index contributed by atoms with van der Waals surface area (Å²) < 4.78 is 0. The smallest absolute Gasteiger partial charge is 0.237 e. The second-order valence-corrected chi connectivity index (χ2v) is 9.22. The number of carbonyl (C=O) groups is 1. The van der Waals surface area contributed by atoms with E-state index in [9.17, 15) is 4.79 Å². The summed E-state index contributed by atoms with van der Waals surface area (Å²) >= 11 is 0. The molecule has 2 N–H and O–H groups in total. The first-order valence-electron chi connectivity index (χ1n) is 10.2. The van der Waals surface area contributed by atoms with Crippen LogP contribution in [-0.2, 0) is 4.79 Å². The van der Waals surface area contributed by atoms with E-state index in [2.05, 4.69) is 24.5 Å². The van der Waals surface area contributed by atoms with E-state index in [-0.39, 0.29) is 11.9 Å². The zero-order valence-corrected chi connectivity index (χ0v) is 14.9. The quantitative estimate of drug-likeness (QED) is 0.833. The highest BCUT2D eigenvalue weighted by Crippen LogP contribution is 2.53. The van der Waals surface area contributed by atoms with Crippen molar-refractivity contribution in [3.05, 3.63) is 0 Å². The van der Waals surface area contributed by atoms with Gasteiger partial charge in [-0.15, -0.1) is 0 Å². The lowest BCUT2D eigenvalue weighted by Gasteiger charge is -2.55. The van der Waals surface area contributed by atoms with Crippen LogP contribution in [0.5, 0.6) is 0 Å². The van der Waals surface area contributed by atoms with Gasteiger partial charge >= 0.3 is 0 Å². The van der Waals surface area contributed by atoms with E-state index < -0.39 is 0 Å². The molecule has 0 aliphatic heterocycles. The normalized spacial score (nSPS) is 46.6. The largest absolute Gasteiger partial charge is 0.352 e. The average molecular weight is 319 g/mol. The number of nitrogens with one attached hydrogen (secondary N) is 2. The Morgan fingerprint density at radius 1 is 0.957 bits per heavy atom. The third-order valence-electron chi connectivity index (χ3n) is 7.50. The van der Waals surface area contributed by atoms with Crippen LogP contribution in [0, 0.1) is 29.6 Å². The third kappa shape index (κ3) is 3.18. The molecule has 5 saturated carbocycles. The van der Waals surface area contributed by atoms with Crippen LogP contribution in [-0.4, -0.2) is 24.0 Å². The Morgan fingerprint density at radius 2 is 1.57 bits per heavy atom. The molecule has 3 nitrogen and oxygen atoms in total. The summed E-state index contributed by atoms with van der Waals surface area (Å²) in [4.78, 5) is 12.6. The summed E-state index contributed by atoms with van der Waals surface area (Å²) in [6.07, 6.45) is 12.2. The molecule has 23 heavy (non-hydrogen) atoms. The second kappa shape index (κ2) is 6.38. The Bertz CT molecular complexity index is 421. The maximum atomic E-state index is 12.6. The van der Waals surface area contributed by atoms with Crippen LogP contribution in [0.2, 0.25) is 0 Å². The third-order valence-corrected chi connectivity index (χ3v) is 7.50. The van der Waals surface area contributed by atoms with E-state index in [0.29, 0.717) is 18.0 Å². The Hall–Kier alpha value is -0.570. The molecular weight excluding hydrogens is 284 g/mol. The van der Waals surface area contributed by atoms with Crippen LogP contribution >= 0.6 is 0 Å². The topological polar surface area (TPSA) is 41.1 Å². The first-order chi connectivity index (χ1) is 11.1. The van der Waals surface area contributed by atoms with Gasteiger partial charge in [0.05, 0.1) is 6.04 Å². The summed E-state index contributed by atoms with van der Waals surface area (Å²) in [7, 11) is 0. The molecule has 3 atom stereocenters. The van der Waals surface area contributed by atoms with E-state index in [1.165, 1.54) is 51.4 Å². The molecule has 0 spiro atoms. The van der Waals surface area contributed by atoms with Crippen molar-refractivity contribution >= 4 is 5.91 Å². The molecule has 5 aliphatic carbocycles. The van der Waals surface area contributed by atoms with Crippen LogP contribution < -0.4 is 10.6 Å². The Balaban J connectivity index is 1.32. The van der Waals surface area contributed by atoms with Gasteiger partial charge in [-0.3, -0.25) is 4.79 Å². The van der Waals surface area contributed by atoms with Crippen molar-refractivity contribution in [1.82, 2.24) is 10.6 Å². The molecular formula is C20H34N2O. The fourth-order valence-corrected chi connectivity index (χ4v) is 6.40. The van der Waals surface area contributed by atoms with Gasteiger partial charge in [-0.1, -0.05) is 19.8 Å². The van der Waals surface area contributed by atoms with E-state index in [1.54, 1.807) is 0 Å². The van der Waals surface area contributed by atoms with Gasteiger partial charge in [-0.25, -0.2) is 0 Å². The lowest BCUT2D eigenvalue weighted by atomic mass is 9.54. The molecule has 5 fully saturated rings. The van der Waals surface area contributed by atoms with E-state index in [4.69, 9.17) is 0 Å². The van der Waals surface area contributed by atoms with Crippen LogP contribution in [0.25, 0.3) is 0 Å². The minimum absolute atomic E-state index is 0.0355. The number of rotatable bonds is 4. The molecule has 0 unspecified atom stereocenters. The maximum Gasteiger partial charge on any atom is 0.237 e. The summed E-state index contributed by atoms with van der Waals surface area (Å²) in [6.45, 7) is 4.37. The van der Waals surface area contributed by atoms with Gasteiger partial charge in [0.15, 0.2) is 0 Å². The Labute approximate surface area is 141 Å². The highest BCUT2D eigenvalue weighted by molar-refractivity contribution is 5.81. The summed E-state index contributed by atoms with van der Waals surface area (Å²) in [5.41, 5.74) is 0. The molecule has 1 amide bonds. The van der Waals surface area contributed by atoms with Crippen molar-refractivity contribution in [3.8, 4) is 0 Å². The minimum Gasteiger partial charge on any atom is -0.352 e. The highest BCUT2D eigenvalue weighted by atomic mass is 16.2. The minimum atomic E-state index is -0.0355. The molecule has 0 saturated heterocycles. The van der Waals surface area contributed by atoms with E-state index in [0.717, 1.165) is 30.1 Å². The summed E-state index contributed by atoms with van der Waals surface area (Å²) in [5.74, 6) is 4.56. The highest BCUT2D eigenvalue weighted by Gasteiger charge is 2.48. The fourth-order valence-electron chi connectivity index (χ4n) is 6.40. The molecule has 0 heterocycles. The molecule has 0 aromatic rings. The molecule has 0 radical (unpaired) electrons. The lowest BCUT2D eigenvalue weighted by Crippen LogP contribution is -2.59. The van der Waals surface area contributed by atoms with Crippen molar-refractivity contribution in [2.45, 2.75) is 89.8 Å². The van der Waals surface area contributed by atoms with Crippen molar-refractivity contribution < 1.29 is 4.79 Å². The molecule has 4 bridgehead atoms. The standard InChI is InChI=1S/C20H34N2O/c1-12-5-3-4-6-18(12)22-20(23)13(2)21-19-16-8-14-7-15(10-16)11-17(19)9-14/h12-19,21H,3-11H2,1-2H3,(H,22,23)/t12-,13+,14?,15?,16?,17?,18+,19?/m0/s1. The monoisotopic (exact) mass is 318 g/mol. The van der Waals surface area contributed by atoms with Crippen molar-refractivity contribution in [3.63, 3.8) is 0 Å². The first-order valence-corrected chi connectivity index (χ1v) is 10.2.